The molecule has 0 radical (unpaired) electrons. The zero-order valence-electron chi connectivity index (χ0n) is 43.2. The highest BCUT2D eigenvalue weighted by Crippen LogP contribution is 2.69. The van der Waals surface area contributed by atoms with Gasteiger partial charge in [-0.2, -0.15) is 21.0 Å². The van der Waals surface area contributed by atoms with Gasteiger partial charge in [-0.3, -0.25) is 38.6 Å². The summed E-state index contributed by atoms with van der Waals surface area (Å²) in [5.41, 5.74) is -4.79. The van der Waals surface area contributed by atoms with Crippen LogP contribution in [0.25, 0.3) is 11.1 Å². The van der Waals surface area contributed by atoms with Gasteiger partial charge in [-0.25, -0.2) is 9.98 Å². The van der Waals surface area contributed by atoms with E-state index in [-0.39, 0.29) is 113 Å². The Morgan fingerprint density at radius 3 is 1.01 bits per heavy atom. The zero-order chi connectivity index (χ0) is 57.7. The molecule has 4 heterocycles. The van der Waals surface area contributed by atoms with Gasteiger partial charge in [0.05, 0.1) is 0 Å². The maximum Gasteiger partial charge on any atom is 0.333 e. The second-order valence-corrected chi connectivity index (χ2v) is 22.1. The lowest BCUT2D eigenvalue weighted by Crippen LogP contribution is -2.45. The summed E-state index contributed by atoms with van der Waals surface area (Å²) in [6, 6.07) is 44.5. The summed E-state index contributed by atoms with van der Waals surface area (Å²) in [5, 5.41) is 39.1. The summed E-state index contributed by atoms with van der Waals surface area (Å²) in [7, 11) is 0. The van der Waals surface area contributed by atoms with Crippen LogP contribution in [0.1, 0.15) is 57.0 Å². The van der Waals surface area contributed by atoms with Gasteiger partial charge in [-0.05, 0) is 71.8 Å². The number of esters is 4. The number of carbonyl (C=O) groups is 6. The molecular formula is C60H40N8O10S4. The summed E-state index contributed by atoms with van der Waals surface area (Å²) in [6.07, 6.45) is 0. The van der Waals surface area contributed by atoms with Crippen LogP contribution in [0.2, 0.25) is 0 Å². The van der Waals surface area contributed by atoms with Crippen molar-refractivity contribution in [1.29, 1.82) is 21.0 Å². The number of nitrogens with zero attached hydrogens (tertiary/aromatic N) is 8. The van der Waals surface area contributed by atoms with E-state index in [0.29, 0.717) is 22.3 Å². The molecular weight excluding hydrogens is 1120 g/mol. The van der Waals surface area contributed by atoms with Gasteiger partial charge >= 0.3 is 23.9 Å². The minimum atomic E-state index is -2.74. The lowest BCUT2D eigenvalue weighted by Gasteiger charge is -2.29. The lowest BCUT2D eigenvalue weighted by atomic mass is 9.76. The van der Waals surface area contributed by atoms with E-state index in [2.05, 4.69) is 0 Å². The lowest BCUT2D eigenvalue weighted by molar-refractivity contribution is -0.165. The fourth-order valence-electron chi connectivity index (χ4n) is 9.67. The third-order valence-electron chi connectivity index (χ3n) is 13.4. The summed E-state index contributed by atoms with van der Waals surface area (Å²) in [6.45, 7) is 1.90. The number of benzene rings is 4. The van der Waals surface area contributed by atoms with E-state index in [0.717, 1.165) is 46.2 Å². The van der Waals surface area contributed by atoms with E-state index in [9.17, 15) is 30.6 Å². The van der Waals surface area contributed by atoms with Gasteiger partial charge in [0.25, 0.3) is 11.8 Å². The Hall–Kier alpha value is -9.68. The number of nitriles is 4. The predicted molar refractivity (Wildman–Crippen MR) is 304 cm³/mol. The Kier molecular flexibility index (Phi) is 16.0. The number of thioether (sulfide) groups is 2. The third kappa shape index (κ3) is 9.73. The molecule has 0 atom stereocenters. The molecule has 0 unspecified atom stereocenters. The number of hydrogen-bond acceptors (Lipinski definition) is 20. The molecule has 0 N–H and O–H groups in total. The van der Waals surface area contributed by atoms with Crippen LogP contribution in [0.3, 0.4) is 0 Å². The van der Waals surface area contributed by atoms with Crippen LogP contribution in [0.15, 0.2) is 165 Å². The number of rotatable bonds is 16. The molecule has 2 aliphatic carbocycles. The number of thiophene rings is 2. The van der Waals surface area contributed by atoms with E-state index in [1.54, 1.807) is 135 Å². The van der Waals surface area contributed by atoms with Crippen LogP contribution in [0.4, 0.5) is 10.0 Å². The topological polar surface area (TPSA) is 266 Å². The normalized spacial score (nSPS) is 16.2. The van der Waals surface area contributed by atoms with E-state index < -0.39 is 46.5 Å². The summed E-state index contributed by atoms with van der Waals surface area (Å²) in [4.78, 5) is 104. The van der Waals surface area contributed by atoms with E-state index >= 15 is 19.2 Å². The molecule has 2 saturated heterocycles. The van der Waals surface area contributed by atoms with Crippen LogP contribution in [0.5, 0.6) is 0 Å². The molecule has 82 heavy (non-hydrogen) atoms. The van der Waals surface area contributed by atoms with Crippen molar-refractivity contribution in [2.24, 2.45) is 9.98 Å². The SMILES string of the molecule is CCN1C(=O)/C(=N\c2cc3c(s2)C2=C(c4sc(/N=C5/SC(=C(C#N)C#N)N(CC)C5=O)cc4C2(C(=O)OCc2ccccc2)C(=O)OCc2ccccc2)C3(C(=O)OCc2ccccc2)C(=O)OCc2ccccc2)SC1=C(C#N)C#N. The molecule has 18 nitrogen and oxygen atoms in total. The van der Waals surface area contributed by atoms with Gasteiger partial charge in [0, 0.05) is 45.1 Å². The van der Waals surface area contributed by atoms with Crippen LogP contribution < -0.4 is 0 Å². The van der Waals surface area contributed by atoms with Crippen molar-refractivity contribution < 1.29 is 47.7 Å². The number of carbonyl (C=O) groups excluding carboxylic acids is 6. The van der Waals surface area contributed by atoms with Gasteiger partial charge in [0.15, 0.2) is 21.2 Å². The third-order valence-corrected chi connectivity index (χ3v) is 17.7. The summed E-state index contributed by atoms with van der Waals surface area (Å²) >= 11 is 3.18. The molecule has 0 spiro atoms. The van der Waals surface area contributed by atoms with Crippen LogP contribution in [-0.2, 0) is 85.0 Å². The van der Waals surface area contributed by atoms with Crippen molar-refractivity contribution in [3.8, 4) is 24.3 Å². The van der Waals surface area contributed by atoms with E-state index in [1.165, 1.54) is 21.9 Å². The molecule has 0 bridgehead atoms. The number of allylic oxidation sites excluding steroid dienone is 2. The van der Waals surface area contributed by atoms with Gasteiger partial charge in [-0.1, -0.05) is 121 Å². The first-order valence-electron chi connectivity index (χ1n) is 25.0. The molecule has 2 aromatic heterocycles. The molecule has 4 aromatic carbocycles. The Morgan fingerprint density at radius 1 is 0.476 bits per heavy atom. The molecule has 2 aliphatic heterocycles. The first-order chi connectivity index (χ1) is 39.9. The highest BCUT2D eigenvalue weighted by atomic mass is 32.2. The minimum Gasteiger partial charge on any atom is -0.459 e. The fourth-order valence-corrected chi connectivity index (χ4v) is 14.3. The Morgan fingerprint density at radius 2 is 0.756 bits per heavy atom. The van der Waals surface area contributed by atoms with Gasteiger partial charge in [0.2, 0.25) is 10.8 Å². The summed E-state index contributed by atoms with van der Waals surface area (Å²) < 4.78 is 24.9. The Labute approximate surface area is 485 Å². The van der Waals surface area contributed by atoms with Crippen molar-refractivity contribution >= 4 is 113 Å². The van der Waals surface area contributed by atoms with Gasteiger partial charge in [0.1, 0.15) is 70.8 Å². The highest BCUT2D eigenvalue weighted by Gasteiger charge is 2.72. The summed E-state index contributed by atoms with van der Waals surface area (Å²) in [5.74, 6) is -6.12. The van der Waals surface area contributed by atoms with Crippen LogP contribution in [0, 0.1) is 45.3 Å². The average molecular weight is 1160 g/mol. The largest absolute Gasteiger partial charge is 0.459 e. The predicted octanol–water partition coefficient (Wildman–Crippen LogP) is 9.96. The maximum absolute atomic E-state index is 16.0. The maximum atomic E-state index is 16.0. The number of aliphatic imine (C=N–C) groups is 2. The molecule has 2 amide bonds. The second-order valence-electron chi connectivity index (χ2n) is 18.1. The van der Waals surface area contributed by atoms with Crippen LogP contribution >= 0.6 is 46.2 Å². The highest BCUT2D eigenvalue weighted by molar-refractivity contribution is 8.20. The van der Waals surface area contributed by atoms with Crippen molar-refractivity contribution in [2.45, 2.75) is 51.1 Å². The molecule has 2 fully saturated rings. The van der Waals surface area contributed by atoms with E-state index in [1.807, 2.05) is 24.3 Å². The number of amides is 2. The molecule has 4 aliphatic rings. The van der Waals surface area contributed by atoms with Crippen molar-refractivity contribution in [2.75, 3.05) is 13.1 Å². The quantitative estimate of drug-likeness (QED) is 0.0377. The smallest absolute Gasteiger partial charge is 0.333 e. The molecule has 10 rings (SSSR count). The van der Waals surface area contributed by atoms with Crippen LogP contribution in [-0.4, -0.2) is 68.7 Å². The van der Waals surface area contributed by atoms with Crippen molar-refractivity contribution in [1.82, 2.24) is 9.80 Å². The average Bonchev–Trinajstić information content (AvgIpc) is 1.58. The number of ether oxygens (including phenoxy) is 4. The van der Waals surface area contributed by atoms with Crippen molar-refractivity contribution in [3.05, 3.63) is 198 Å². The molecule has 6 aromatic rings. The first-order valence-corrected chi connectivity index (χ1v) is 28.3. The molecule has 0 saturated carbocycles. The van der Waals surface area contributed by atoms with Gasteiger partial charge in [-0.15, -0.1) is 22.7 Å². The Bertz CT molecular complexity index is 3590. The number of fused-ring (bicyclic) bond motifs is 4. The Balaban J connectivity index is 1.27. The monoisotopic (exact) mass is 1160 g/mol. The fraction of sp³-hybridized carbons (Fsp3) is 0.167. The number of hydrogen-bond donors (Lipinski definition) is 0. The van der Waals surface area contributed by atoms with Gasteiger partial charge < -0.3 is 18.9 Å². The van der Waals surface area contributed by atoms with E-state index in [4.69, 9.17) is 28.9 Å². The first kappa shape index (κ1) is 55.6. The minimum absolute atomic E-state index is 0.0157. The standard InChI is InChI=1S/C60H40N8O10S4/c1-3-67-51(69)49(81-53(67)39(27-61)28-62)65-43-25-41-47(79-43)45-46(59(41,55(71)75-31-35-17-9-5-10-18-35)56(72)76-32-36-19-11-6-12-20-36)48-42(26-44(80-48)66-50-52(70)68(4-2)54(82-50)40(29-63)30-64)60(45,57(73)77-33-37-21-13-7-14-22-37)58(74)78-34-38-23-15-8-16-24-38/h5-26H,3-4,31-34H2,1-2H3/b65-49+,66-50+. The molecule has 404 valence electrons. The second kappa shape index (κ2) is 23.6. The zero-order valence-corrected chi connectivity index (χ0v) is 46.5. The molecule has 22 heteroatoms. The van der Waals surface area contributed by atoms with Crippen molar-refractivity contribution in [3.63, 3.8) is 0 Å².